The van der Waals surface area contributed by atoms with Crippen LogP contribution in [0, 0.1) is 6.92 Å². The van der Waals surface area contributed by atoms with E-state index in [9.17, 15) is 0 Å². The predicted octanol–water partition coefficient (Wildman–Crippen LogP) is 3.46. The molecular formula is C17H16N4. The molecule has 0 unspecified atom stereocenters. The van der Waals surface area contributed by atoms with Crippen LogP contribution in [-0.2, 0) is 6.54 Å². The fourth-order valence-electron chi connectivity index (χ4n) is 1.96. The Balaban J connectivity index is 1.66. The van der Waals surface area contributed by atoms with E-state index in [1.807, 2.05) is 49.5 Å². The molecule has 0 saturated heterocycles. The SMILES string of the molecule is Cc1ccc(CNc2cnc(-c3ccccc3)nc2)cn1. The molecule has 0 aliphatic rings. The van der Waals surface area contributed by atoms with Crippen molar-refractivity contribution in [3.05, 3.63) is 72.3 Å². The number of aryl methyl sites for hydroxylation is 1. The molecule has 2 heterocycles. The Hall–Kier alpha value is -2.75. The van der Waals surface area contributed by atoms with Gasteiger partial charge in [-0.15, -0.1) is 0 Å². The van der Waals surface area contributed by atoms with Gasteiger partial charge in [0.15, 0.2) is 5.82 Å². The summed E-state index contributed by atoms with van der Waals surface area (Å²) < 4.78 is 0. The van der Waals surface area contributed by atoms with Crippen LogP contribution in [0.15, 0.2) is 61.1 Å². The Morgan fingerprint density at radius 2 is 1.62 bits per heavy atom. The standard InChI is InChI=1S/C17H16N4/c1-13-7-8-14(9-18-13)10-19-16-11-20-17(21-12-16)15-5-3-2-4-6-15/h2-9,11-12,19H,10H2,1H3. The van der Waals surface area contributed by atoms with Gasteiger partial charge in [0, 0.05) is 24.0 Å². The van der Waals surface area contributed by atoms with Crippen LogP contribution < -0.4 is 5.32 Å². The first-order valence-corrected chi connectivity index (χ1v) is 6.84. The van der Waals surface area contributed by atoms with Crippen LogP contribution in [-0.4, -0.2) is 15.0 Å². The third kappa shape index (κ3) is 3.42. The highest BCUT2D eigenvalue weighted by Gasteiger charge is 2.00. The number of hydrogen-bond acceptors (Lipinski definition) is 4. The molecule has 4 nitrogen and oxygen atoms in total. The maximum Gasteiger partial charge on any atom is 0.159 e. The van der Waals surface area contributed by atoms with Gasteiger partial charge in [-0.3, -0.25) is 4.98 Å². The zero-order valence-corrected chi connectivity index (χ0v) is 11.8. The molecule has 104 valence electrons. The molecule has 0 saturated carbocycles. The minimum atomic E-state index is 0.710. The molecule has 0 bridgehead atoms. The second-order valence-electron chi connectivity index (χ2n) is 4.82. The Bertz CT molecular complexity index is 691. The Labute approximate surface area is 123 Å². The largest absolute Gasteiger partial charge is 0.378 e. The van der Waals surface area contributed by atoms with Crippen molar-refractivity contribution in [2.75, 3.05) is 5.32 Å². The number of pyridine rings is 1. The Morgan fingerprint density at radius 1 is 0.857 bits per heavy atom. The summed E-state index contributed by atoms with van der Waals surface area (Å²) in [6.07, 6.45) is 5.48. The Morgan fingerprint density at radius 3 is 2.29 bits per heavy atom. The summed E-state index contributed by atoms with van der Waals surface area (Å²) in [4.78, 5) is 13.0. The van der Waals surface area contributed by atoms with Crippen molar-refractivity contribution in [3.63, 3.8) is 0 Å². The molecular weight excluding hydrogens is 260 g/mol. The average Bonchev–Trinajstić information content (AvgIpc) is 2.56. The van der Waals surface area contributed by atoms with Crippen LogP contribution in [0.1, 0.15) is 11.3 Å². The summed E-state index contributed by atoms with van der Waals surface area (Å²) in [5, 5.41) is 3.29. The number of hydrogen-bond donors (Lipinski definition) is 1. The van der Waals surface area contributed by atoms with Crippen molar-refractivity contribution in [1.29, 1.82) is 0 Å². The number of benzene rings is 1. The quantitative estimate of drug-likeness (QED) is 0.793. The summed E-state index contributed by atoms with van der Waals surface area (Å²) in [5.74, 6) is 0.734. The van der Waals surface area contributed by atoms with Crippen LogP contribution in [0.2, 0.25) is 0 Å². The van der Waals surface area contributed by atoms with E-state index in [0.717, 1.165) is 28.3 Å². The van der Waals surface area contributed by atoms with E-state index in [-0.39, 0.29) is 0 Å². The number of nitrogens with zero attached hydrogens (tertiary/aromatic N) is 3. The van der Waals surface area contributed by atoms with Gasteiger partial charge < -0.3 is 5.32 Å². The molecule has 3 rings (SSSR count). The minimum absolute atomic E-state index is 0.710. The third-order valence-corrected chi connectivity index (χ3v) is 3.15. The van der Waals surface area contributed by atoms with Crippen molar-refractivity contribution in [2.45, 2.75) is 13.5 Å². The molecule has 0 atom stereocenters. The number of rotatable bonds is 4. The fourth-order valence-corrected chi connectivity index (χ4v) is 1.96. The Kier molecular flexibility index (Phi) is 3.87. The summed E-state index contributed by atoms with van der Waals surface area (Å²) in [5.41, 5.74) is 4.07. The monoisotopic (exact) mass is 276 g/mol. The normalized spacial score (nSPS) is 10.3. The molecule has 3 aromatic rings. The average molecular weight is 276 g/mol. The second-order valence-corrected chi connectivity index (χ2v) is 4.82. The smallest absolute Gasteiger partial charge is 0.159 e. The molecule has 0 fully saturated rings. The second kappa shape index (κ2) is 6.13. The lowest BCUT2D eigenvalue weighted by Crippen LogP contribution is -2.01. The molecule has 2 aromatic heterocycles. The lowest BCUT2D eigenvalue weighted by Gasteiger charge is -2.06. The topological polar surface area (TPSA) is 50.7 Å². The lowest BCUT2D eigenvalue weighted by molar-refractivity contribution is 1.07. The van der Waals surface area contributed by atoms with E-state index in [1.54, 1.807) is 12.4 Å². The number of anilines is 1. The van der Waals surface area contributed by atoms with Crippen molar-refractivity contribution in [3.8, 4) is 11.4 Å². The highest BCUT2D eigenvalue weighted by molar-refractivity contribution is 5.55. The maximum absolute atomic E-state index is 4.39. The van der Waals surface area contributed by atoms with E-state index in [0.29, 0.717) is 6.54 Å². The molecule has 0 spiro atoms. The van der Waals surface area contributed by atoms with Crippen molar-refractivity contribution in [2.24, 2.45) is 0 Å². The van der Waals surface area contributed by atoms with E-state index < -0.39 is 0 Å². The summed E-state index contributed by atoms with van der Waals surface area (Å²) in [6, 6.07) is 14.0. The highest BCUT2D eigenvalue weighted by Crippen LogP contribution is 2.15. The van der Waals surface area contributed by atoms with E-state index in [4.69, 9.17) is 0 Å². The molecule has 0 aliphatic heterocycles. The zero-order chi connectivity index (χ0) is 14.5. The van der Waals surface area contributed by atoms with Crippen LogP contribution in [0.5, 0.6) is 0 Å². The molecule has 4 heteroatoms. The number of aromatic nitrogens is 3. The van der Waals surface area contributed by atoms with Crippen molar-refractivity contribution in [1.82, 2.24) is 15.0 Å². The molecule has 0 aliphatic carbocycles. The van der Waals surface area contributed by atoms with Gasteiger partial charge in [0.2, 0.25) is 0 Å². The summed E-state index contributed by atoms with van der Waals surface area (Å²) in [6.45, 7) is 2.69. The van der Waals surface area contributed by atoms with Gasteiger partial charge in [-0.2, -0.15) is 0 Å². The molecule has 1 N–H and O–H groups in total. The summed E-state index contributed by atoms with van der Waals surface area (Å²) in [7, 11) is 0. The molecule has 0 radical (unpaired) electrons. The van der Waals surface area contributed by atoms with E-state index in [1.165, 1.54) is 0 Å². The van der Waals surface area contributed by atoms with E-state index >= 15 is 0 Å². The van der Waals surface area contributed by atoms with Gasteiger partial charge in [0.1, 0.15) is 0 Å². The van der Waals surface area contributed by atoms with Gasteiger partial charge in [0.25, 0.3) is 0 Å². The van der Waals surface area contributed by atoms with Crippen molar-refractivity contribution >= 4 is 5.69 Å². The first kappa shape index (κ1) is 13.2. The first-order valence-electron chi connectivity index (χ1n) is 6.84. The molecule has 1 aromatic carbocycles. The van der Waals surface area contributed by atoms with Crippen LogP contribution >= 0.6 is 0 Å². The first-order chi connectivity index (χ1) is 10.3. The third-order valence-electron chi connectivity index (χ3n) is 3.15. The van der Waals surface area contributed by atoms with Crippen LogP contribution in [0.3, 0.4) is 0 Å². The van der Waals surface area contributed by atoms with Gasteiger partial charge in [0.05, 0.1) is 18.1 Å². The van der Waals surface area contributed by atoms with E-state index in [2.05, 4.69) is 26.3 Å². The van der Waals surface area contributed by atoms with Crippen LogP contribution in [0.25, 0.3) is 11.4 Å². The minimum Gasteiger partial charge on any atom is -0.378 e. The van der Waals surface area contributed by atoms with Gasteiger partial charge in [-0.05, 0) is 18.6 Å². The maximum atomic E-state index is 4.39. The van der Waals surface area contributed by atoms with Gasteiger partial charge in [-0.1, -0.05) is 36.4 Å². The zero-order valence-electron chi connectivity index (χ0n) is 11.8. The van der Waals surface area contributed by atoms with Crippen LogP contribution in [0.4, 0.5) is 5.69 Å². The van der Waals surface area contributed by atoms with Gasteiger partial charge >= 0.3 is 0 Å². The molecule has 0 amide bonds. The fraction of sp³-hybridized carbons (Fsp3) is 0.118. The summed E-state index contributed by atoms with van der Waals surface area (Å²) >= 11 is 0. The highest BCUT2D eigenvalue weighted by atomic mass is 14.9. The molecule has 21 heavy (non-hydrogen) atoms. The van der Waals surface area contributed by atoms with Crippen molar-refractivity contribution < 1.29 is 0 Å². The lowest BCUT2D eigenvalue weighted by atomic mass is 10.2. The van der Waals surface area contributed by atoms with Gasteiger partial charge in [-0.25, -0.2) is 9.97 Å². The number of nitrogens with one attached hydrogen (secondary N) is 1. The predicted molar refractivity (Wildman–Crippen MR) is 83.8 cm³/mol.